The zero-order valence-electron chi connectivity index (χ0n) is 8.12. The van der Waals surface area contributed by atoms with E-state index in [4.69, 9.17) is 11.6 Å². The summed E-state index contributed by atoms with van der Waals surface area (Å²) in [6, 6.07) is 0.271. The molecule has 1 aromatic rings. The molecular formula is C9H12ClN3OS. The van der Waals surface area contributed by atoms with Crippen LogP contribution in [0.1, 0.15) is 17.8 Å². The van der Waals surface area contributed by atoms with Crippen LogP contribution in [-0.2, 0) is 11.3 Å². The number of amides is 1. The highest BCUT2D eigenvalue weighted by Crippen LogP contribution is 2.17. The highest BCUT2D eigenvalue weighted by atomic mass is 35.5. The monoisotopic (exact) mass is 245 g/mol. The topological polar surface area (TPSA) is 54.0 Å². The highest BCUT2D eigenvalue weighted by molar-refractivity contribution is 7.15. The summed E-state index contributed by atoms with van der Waals surface area (Å²) in [5, 5.41) is 7.13. The first kappa shape index (κ1) is 10.9. The minimum atomic E-state index is 0.152. The number of halogens is 1. The Morgan fingerprint density at radius 1 is 1.73 bits per heavy atom. The van der Waals surface area contributed by atoms with Crippen molar-refractivity contribution < 1.29 is 4.79 Å². The Morgan fingerprint density at radius 2 is 2.60 bits per heavy atom. The van der Waals surface area contributed by atoms with Gasteiger partial charge in [0.15, 0.2) is 0 Å². The lowest BCUT2D eigenvalue weighted by Gasteiger charge is -2.09. The number of nitrogens with one attached hydrogen (secondary N) is 2. The maximum Gasteiger partial charge on any atom is 0.220 e. The van der Waals surface area contributed by atoms with Gasteiger partial charge in [-0.05, 0) is 6.42 Å². The molecule has 0 spiro atoms. The largest absolute Gasteiger partial charge is 0.352 e. The first-order valence-corrected chi connectivity index (χ1v) is 6.04. The van der Waals surface area contributed by atoms with Gasteiger partial charge in [0.1, 0.15) is 9.34 Å². The summed E-state index contributed by atoms with van der Waals surface area (Å²) in [5.74, 6) is 0.152. The molecule has 0 aromatic carbocycles. The Balaban J connectivity index is 1.69. The number of hydrogen-bond acceptors (Lipinski definition) is 4. The van der Waals surface area contributed by atoms with Crippen molar-refractivity contribution in [3.63, 3.8) is 0 Å². The number of carbonyl (C=O) groups excluding carboxylic acids is 1. The van der Waals surface area contributed by atoms with Crippen LogP contribution in [0, 0.1) is 0 Å². The molecule has 1 saturated heterocycles. The standard InChI is InChI=1S/C9H12ClN3OS/c10-7-4-12-9(15-7)5-11-3-6-1-2-8(14)13-6/h4,6,11H,1-3,5H2,(H,13,14). The molecule has 2 rings (SSSR count). The molecule has 1 aromatic heterocycles. The number of thiazole rings is 1. The molecule has 0 saturated carbocycles. The molecule has 1 atom stereocenters. The summed E-state index contributed by atoms with van der Waals surface area (Å²) in [6.45, 7) is 1.51. The summed E-state index contributed by atoms with van der Waals surface area (Å²) in [6.07, 6.45) is 3.22. The smallest absolute Gasteiger partial charge is 0.220 e. The predicted octanol–water partition coefficient (Wildman–Crippen LogP) is 1.16. The van der Waals surface area contributed by atoms with Crippen molar-refractivity contribution in [2.24, 2.45) is 0 Å². The highest BCUT2D eigenvalue weighted by Gasteiger charge is 2.19. The molecule has 1 amide bonds. The summed E-state index contributed by atoms with van der Waals surface area (Å²) in [5.41, 5.74) is 0. The Morgan fingerprint density at radius 3 is 3.20 bits per heavy atom. The maximum absolute atomic E-state index is 10.9. The fourth-order valence-electron chi connectivity index (χ4n) is 1.55. The molecular weight excluding hydrogens is 234 g/mol. The second-order valence-corrected chi connectivity index (χ2v) is 5.24. The zero-order chi connectivity index (χ0) is 10.7. The van der Waals surface area contributed by atoms with Crippen LogP contribution < -0.4 is 10.6 Å². The molecule has 4 nitrogen and oxygen atoms in total. The molecule has 2 heterocycles. The van der Waals surface area contributed by atoms with Gasteiger partial charge in [0.2, 0.25) is 5.91 Å². The second-order valence-electron chi connectivity index (χ2n) is 3.49. The number of nitrogens with zero attached hydrogens (tertiary/aromatic N) is 1. The van der Waals surface area contributed by atoms with Gasteiger partial charge in [0, 0.05) is 25.6 Å². The summed E-state index contributed by atoms with van der Waals surface area (Å²) in [7, 11) is 0. The Labute approximate surface area is 97.0 Å². The van der Waals surface area contributed by atoms with Gasteiger partial charge in [0.25, 0.3) is 0 Å². The fraction of sp³-hybridized carbons (Fsp3) is 0.556. The minimum absolute atomic E-state index is 0.152. The van der Waals surface area contributed by atoms with Gasteiger partial charge >= 0.3 is 0 Å². The van der Waals surface area contributed by atoms with Gasteiger partial charge < -0.3 is 10.6 Å². The van der Waals surface area contributed by atoms with E-state index >= 15 is 0 Å². The summed E-state index contributed by atoms with van der Waals surface area (Å²) < 4.78 is 0.709. The van der Waals surface area contributed by atoms with Crippen LogP contribution in [0.5, 0.6) is 0 Å². The summed E-state index contributed by atoms with van der Waals surface area (Å²) >= 11 is 7.23. The van der Waals surface area contributed by atoms with Crippen molar-refractivity contribution in [2.75, 3.05) is 6.54 Å². The lowest BCUT2D eigenvalue weighted by atomic mass is 10.2. The lowest BCUT2D eigenvalue weighted by Crippen LogP contribution is -2.35. The third-order valence-corrected chi connectivity index (χ3v) is 3.39. The van der Waals surface area contributed by atoms with E-state index in [9.17, 15) is 4.79 Å². The quantitative estimate of drug-likeness (QED) is 0.837. The van der Waals surface area contributed by atoms with Crippen molar-refractivity contribution in [1.29, 1.82) is 0 Å². The van der Waals surface area contributed by atoms with Crippen LogP contribution in [0.25, 0.3) is 0 Å². The van der Waals surface area contributed by atoms with Crippen molar-refractivity contribution >= 4 is 28.8 Å². The Kier molecular flexibility index (Phi) is 3.56. The van der Waals surface area contributed by atoms with E-state index in [1.54, 1.807) is 6.20 Å². The number of carbonyl (C=O) groups is 1. The van der Waals surface area contributed by atoms with E-state index in [2.05, 4.69) is 15.6 Å². The lowest BCUT2D eigenvalue weighted by molar-refractivity contribution is -0.119. The number of aromatic nitrogens is 1. The average Bonchev–Trinajstić information content (AvgIpc) is 2.76. The van der Waals surface area contributed by atoms with Crippen LogP contribution >= 0.6 is 22.9 Å². The third kappa shape index (κ3) is 3.15. The van der Waals surface area contributed by atoms with Crippen molar-refractivity contribution in [2.45, 2.75) is 25.4 Å². The fourth-order valence-corrected chi connectivity index (χ4v) is 2.48. The van der Waals surface area contributed by atoms with Crippen molar-refractivity contribution in [3.05, 3.63) is 15.5 Å². The second kappa shape index (κ2) is 4.92. The van der Waals surface area contributed by atoms with Gasteiger partial charge in [-0.1, -0.05) is 11.6 Å². The van der Waals surface area contributed by atoms with Gasteiger partial charge in [0.05, 0.1) is 6.20 Å². The SMILES string of the molecule is O=C1CCC(CNCc2ncc(Cl)s2)N1. The van der Waals surface area contributed by atoms with Crippen LogP contribution in [0.3, 0.4) is 0 Å². The van der Waals surface area contributed by atoms with E-state index in [-0.39, 0.29) is 11.9 Å². The number of rotatable bonds is 4. The van der Waals surface area contributed by atoms with Gasteiger partial charge in [-0.25, -0.2) is 4.98 Å². The third-order valence-electron chi connectivity index (χ3n) is 2.28. The average molecular weight is 246 g/mol. The molecule has 0 radical (unpaired) electrons. The van der Waals surface area contributed by atoms with Crippen LogP contribution in [0.15, 0.2) is 6.20 Å². The van der Waals surface area contributed by atoms with E-state index in [0.29, 0.717) is 17.3 Å². The molecule has 1 aliphatic heterocycles. The first-order valence-electron chi connectivity index (χ1n) is 4.84. The van der Waals surface area contributed by atoms with E-state index in [1.165, 1.54) is 11.3 Å². The molecule has 6 heteroatoms. The Bertz CT molecular complexity index is 355. The van der Waals surface area contributed by atoms with Crippen molar-refractivity contribution in [1.82, 2.24) is 15.6 Å². The zero-order valence-corrected chi connectivity index (χ0v) is 9.70. The molecule has 82 valence electrons. The molecule has 1 fully saturated rings. The van der Waals surface area contributed by atoms with Crippen LogP contribution in [-0.4, -0.2) is 23.5 Å². The van der Waals surface area contributed by atoms with Crippen LogP contribution in [0.2, 0.25) is 4.34 Å². The van der Waals surface area contributed by atoms with E-state index in [1.807, 2.05) is 0 Å². The minimum Gasteiger partial charge on any atom is -0.352 e. The number of hydrogen-bond donors (Lipinski definition) is 2. The molecule has 1 aliphatic rings. The van der Waals surface area contributed by atoms with Gasteiger partial charge in [-0.2, -0.15) is 0 Å². The van der Waals surface area contributed by atoms with Gasteiger partial charge in [-0.3, -0.25) is 4.79 Å². The molecule has 2 N–H and O–H groups in total. The molecule has 0 aliphatic carbocycles. The van der Waals surface area contributed by atoms with E-state index < -0.39 is 0 Å². The van der Waals surface area contributed by atoms with Crippen LogP contribution in [0.4, 0.5) is 0 Å². The molecule has 15 heavy (non-hydrogen) atoms. The maximum atomic E-state index is 10.9. The molecule has 0 bridgehead atoms. The Hall–Kier alpha value is -0.650. The van der Waals surface area contributed by atoms with Crippen molar-refractivity contribution in [3.8, 4) is 0 Å². The normalized spacial score (nSPS) is 20.6. The van der Waals surface area contributed by atoms with Gasteiger partial charge in [-0.15, -0.1) is 11.3 Å². The first-order chi connectivity index (χ1) is 7.24. The predicted molar refractivity (Wildman–Crippen MR) is 60.0 cm³/mol. The molecule has 1 unspecified atom stereocenters. The van der Waals surface area contributed by atoms with E-state index in [0.717, 1.165) is 18.0 Å². The summed E-state index contributed by atoms with van der Waals surface area (Å²) in [4.78, 5) is 15.1.